The SMILES string of the molecule is CCN1CCCC1CNC(N)=NCc1ccc(S(=O)(=O)N2CCCC(C)C2)cc1.I. The molecule has 2 unspecified atom stereocenters. The van der Waals surface area contributed by atoms with Crippen molar-refractivity contribution in [2.45, 2.75) is 57.0 Å². The summed E-state index contributed by atoms with van der Waals surface area (Å²) in [6, 6.07) is 7.54. The Kier molecular flexibility index (Phi) is 9.83. The fraction of sp³-hybridized carbons (Fsp3) is 0.667. The molecule has 0 spiro atoms. The number of aliphatic imine (C=N–C) groups is 1. The van der Waals surface area contributed by atoms with Gasteiger partial charge in [0, 0.05) is 25.7 Å². The van der Waals surface area contributed by atoms with Crippen LogP contribution in [0.1, 0.15) is 45.1 Å². The maximum absolute atomic E-state index is 12.8. The van der Waals surface area contributed by atoms with Crippen LogP contribution in [-0.2, 0) is 16.6 Å². The molecule has 7 nitrogen and oxygen atoms in total. The number of nitrogens with zero attached hydrogens (tertiary/aromatic N) is 3. The number of hydrogen-bond acceptors (Lipinski definition) is 4. The molecule has 0 aliphatic carbocycles. The van der Waals surface area contributed by atoms with Gasteiger partial charge in [0.05, 0.1) is 11.4 Å². The number of rotatable bonds is 7. The van der Waals surface area contributed by atoms with E-state index in [1.54, 1.807) is 16.4 Å². The van der Waals surface area contributed by atoms with E-state index < -0.39 is 10.0 Å². The first-order valence-electron chi connectivity index (χ1n) is 10.8. The molecule has 2 heterocycles. The highest BCUT2D eigenvalue weighted by atomic mass is 127. The van der Waals surface area contributed by atoms with Gasteiger partial charge in [0.25, 0.3) is 0 Å². The molecule has 2 fully saturated rings. The lowest BCUT2D eigenvalue weighted by atomic mass is 10.0. The summed E-state index contributed by atoms with van der Waals surface area (Å²) in [7, 11) is -3.41. The molecule has 0 bridgehead atoms. The molecule has 9 heteroatoms. The molecule has 1 aromatic carbocycles. The van der Waals surface area contributed by atoms with Crippen molar-refractivity contribution in [1.82, 2.24) is 14.5 Å². The molecular formula is C21H36IN5O2S. The van der Waals surface area contributed by atoms with Crippen LogP contribution in [0.5, 0.6) is 0 Å². The number of nitrogens with one attached hydrogen (secondary N) is 1. The topological polar surface area (TPSA) is 91.0 Å². The molecule has 2 aliphatic rings. The molecule has 3 rings (SSSR count). The minimum Gasteiger partial charge on any atom is -0.370 e. The Morgan fingerprint density at radius 3 is 2.57 bits per heavy atom. The molecule has 0 radical (unpaired) electrons. The monoisotopic (exact) mass is 549 g/mol. The number of guanidine groups is 1. The first-order chi connectivity index (χ1) is 13.9. The van der Waals surface area contributed by atoms with Crippen LogP contribution in [0.2, 0.25) is 0 Å². The fourth-order valence-electron chi connectivity index (χ4n) is 4.28. The number of benzene rings is 1. The Bertz CT molecular complexity index is 800. The maximum atomic E-state index is 12.8. The standard InChI is InChI=1S/C21H35N5O2S.HI/c1-3-25-12-5-7-19(25)15-24-21(22)23-14-18-8-10-20(11-9-18)29(27,28)26-13-4-6-17(2)16-26;/h8-11,17,19H,3-7,12-16H2,1-2H3,(H3,22,23,24);1H. The first-order valence-corrected chi connectivity index (χ1v) is 12.2. The van der Waals surface area contributed by atoms with E-state index in [-0.39, 0.29) is 24.0 Å². The summed E-state index contributed by atoms with van der Waals surface area (Å²) in [5.74, 6) is 0.850. The van der Waals surface area contributed by atoms with Gasteiger partial charge in [-0.3, -0.25) is 4.90 Å². The molecule has 2 aliphatic heterocycles. The van der Waals surface area contributed by atoms with Crippen molar-refractivity contribution in [3.05, 3.63) is 29.8 Å². The third kappa shape index (κ3) is 6.54. The maximum Gasteiger partial charge on any atom is 0.243 e. The summed E-state index contributed by atoms with van der Waals surface area (Å²) in [5.41, 5.74) is 6.96. The Hall–Kier alpha value is -0.910. The number of hydrogen-bond donors (Lipinski definition) is 2. The minimum atomic E-state index is -3.41. The lowest BCUT2D eigenvalue weighted by Crippen LogP contribution is -2.42. The van der Waals surface area contributed by atoms with Crippen LogP contribution in [0, 0.1) is 5.92 Å². The molecule has 3 N–H and O–H groups in total. The normalized spacial score (nSPS) is 23.9. The van der Waals surface area contributed by atoms with Crippen molar-refractivity contribution in [2.75, 3.05) is 32.7 Å². The molecule has 170 valence electrons. The summed E-state index contributed by atoms with van der Waals surface area (Å²) >= 11 is 0. The second kappa shape index (κ2) is 11.6. The summed E-state index contributed by atoms with van der Waals surface area (Å²) in [5, 5.41) is 3.23. The molecular weight excluding hydrogens is 513 g/mol. The molecule has 1 aromatic rings. The third-order valence-electron chi connectivity index (χ3n) is 6.04. The van der Waals surface area contributed by atoms with Crippen molar-refractivity contribution < 1.29 is 8.42 Å². The van der Waals surface area contributed by atoms with E-state index in [1.165, 1.54) is 12.8 Å². The summed E-state index contributed by atoms with van der Waals surface area (Å²) in [6.07, 6.45) is 4.45. The van der Waals surface area contributed by atoms with E-state index in [2.05, 4.69) is 29.1 Å². The molecule has 2 saturated heterocycles. The van der Waals surface area contributed by atoms with Crippen molar-refractivity contribution in [1.29, 1.82) is 0 Å². The van der Waals surface area contributed by atoms with Crippen molar-refractivity contribution in [3.8, 4) is 0 Å². The van der Waals surface area contributed by atoms with E-state index in [4.69, 9.17) is 5.73 Å². The Morgan fingerprint density at radius 2 is 1.90 bits per heavy atom. The zero-order valence-corrected chi connectivity index (χ0v) is 21.2. The van der Waals surface area contributed by atoms with Crippen LogP contribution in [0.15, 0.2) is 34.2 Å². The zero-order chi connectivity index (χ0) is 20.9. The Balaban J connectivity index is 0.00000320. The Morgan fingerprint density at radius 1 is 1.20 bits per heavy atom. The molecule has 0 aromatic heterocycles. The lowest BCUT2D eigenvalue weighted by molar-refractivity contribution is 0.267. The first kappa shape index (κ1) is 25.4. The van der Waals surface area contributed by atoms with E-state index in [0.29, 0.717) is 42.4 Å². The summed E-state index contributed by atoms with van der Waals surface area (Å²) < 4.78 is 27.3. The van der Waals surface area contributed by atoms with E-state index in [9.17, 15) is 8.42 Å². The predicted octanol–water partition coefficient (Wildman–Crippen LogP) is 2.61. The largest absolute Gasteiger partial charge is 0.370 e. The molecule has 0 saturated carbocycles. The Labute approximate surface area is 198 Å². The smallest absolute Gasteiger partial charge is 0.243 e. The van der Waals surface area contributed by atoms with Gasteiger partial charge in [0.15, 0.2) is 5.96 Å². The number of piperidine rings is 1. The summed E-state index contributed by atoms with van der Waals surface area (Å²) in [6.45, 7) is 8.97. The van der Waals surface area contributed by atoms with Crippen molar-refractivity contribution in [2.24, 2.45) is 16.6 Å². The number of sulfonamides is 1. The average molecular weight is 550 g/mol. The number of halogens is 1. The van der Waals surface area contributed by atoms with Gasteiger partial charge >= 0.3 is 0 Å². The molecule has 0 amide bonds. The van der Waals surface area contributed by atoms with Gasteiger partial charge in [0.2, 0.25) is 10.0 Å². The number of nitrogens with two attached hydrogens (primary N) is 1. The molecule has 2 atom stereocenters. The van der Waals surface area contributed by atoms with Gasteiger partial charge in [-0.1, -0.05) is 26.0 Å². The van der Waals surface area contributed by atoms with Gasteiger partial charge in [-0.25, -0.2) is 13.4 Å². The highest BCUT2D eigenvalue weighted by Crippen LogP contribution is 2.23. The lowest BCUT2D eigenvalue weighted by Gasteiger charge is -2.30. The van der Waals surface area contributed by atoms with Crippen LogP contribution >= 0.6 is 24.0 Å². The van der Waals surface area contributed by atoms with E-state index in [1.807, 2.05) is 12.1 Å². The fourth-order valence-corrected chi connectivity index (χ4v) is 5.88. The highest BCUT2D eigenvalue weighted by molar-refractivity contribution is 14.0. The second-order valence-electron chi connectivity index (χ2n) is 8.26. The van der Waals surface area contributed by atoms with Gasteiger partial charge in [-0.05, 0) is 62.4 Å². The van der Waals surface area contributed by atoms with Crippen LogP contribution < -0.4 is 11.1 Å². The number of likely N-dealkylation sites (tertiary alicyclic amines) is 1. The van der Waals surface area contributed by atoms with Crippen LogP contribution in [0.3, 0.4) is 0 Å². The minimum absolute atomic E-state index is 0. The van der Waals surface area contributed by atoms with Gasteiger partial charge in [-0.15, -0.1) is 24.0 Å². The average Bonchev–Trinajstić information content (AvgIpc) is 3.18. The third-order valence-corrected chi connectivity index (χ3v) is 7.92. The second-order valence-corrected chi connectivity index (χ2v) is 10.2. The van der Waals surface area contributed by atoms with Crippen molar-refractivity contribution in [3.63, 3.8) is 0 Å². The van der Waals surface area contributed by atoms with Crippen LogP contribution in [0.4, 0.5) is 0 Å². The van der Waals surface area contributed by atoms with Crippen molar-refractivity contribution >= 4 is 40.0 Å². The predicted molar refractivity (Wildman–Crippen MR) is 133 cm³/mol. The highest BCUT2D eigenvalue weighted by Gasteiger charge is 2.28. The number of likely N-dealkylation sites (N-methyl/N-ethyl adjacent to an activating group) is 1. The van der Waals surface area contributed by atoms with Gasteiger partial charge in [0.1, 0.15) is 0 Å². The van der Waals surface area contributed by atoms with Crippen LogP contribution in [-0.4, -0.2) is 62.3 Å². The molecule has 30 heavy (non-hydrogen) atoms. The quantitative estimate of drug-likeness (QED) is 0.310. The van der Waals surface area contributed by atoms with E-state index >= 15 is 0 Å². The summed E-state index contributed by atoms with van der Waals surface area (Å²) in [4.78, 5) is 7.22. The zero-order valence-electron chi connectivity index (χ0n) is 18.1. The van der Waals surface area contributed by atoms with Crippen LogP contribution in [0.25, 0.3) is 0 Å². The van der Waals surface area contributed by atoms with E-state index in [0.717, 1.165) is 38.0 Å². The van der Waals surface area contributed by atoms with Gasteiger partial charge in [-0.2, -0.15) is 4.31 Å². The van der Waals surface area contributed by atoms with Gasteiger partial charge < -0.3 is 11.1 Å².